The molecular weight excluding hydrogens is 499 g/mol. The van der Waals surface area contributed by atoms with Crippen molar-refractivity contribution in [3.63, 3.8) is 0 Å². The summed E-state index contributed by atoms with van der Waals surface area (Å²) in [5.41, 5.74) is 1.24. The van der Waals surface area contributed by atoms with Gasteiger partial charge in [-0.15, -0.1) is 0 Å². The fourth-order valence-corrected chi connectivity index (χ4v) is 4.24. The zero-order valence-electron chi connectivity index (χ0n) is 18.4. The lowest BCUT2D eigenvalue weighted by Gasteiger charge is -2.10. The minimum Gasteiger partial charge on any atom is -0.404 e. The highest BCUT2D eigenvalue weighted by atomic mass is 32.2. The lowest BCUT2D eigenvalue weighted by Crippen LogP contribution is -2.18. The van der Waals surface area contributed by atoms with Crippen LogP contribution < -0.4 is 15.2 Å². The number of alkyl halides is 3. The third-order valence-electron chi connectivity index (χ3n) is 5.58. The van der Waals surface area contributed by atoms with Crippen molar-refractivity contribution in [1.82, 2.24) is 14.6 Å². The molecule has 0 radical (unpaired) electrons. The van der Waals surface area contributed by atoms with Crippen molar-refractivity contribution in [2.75, 3.05) is 5.32 Å². The van der Waals surface area contributed by atoms with Crippen LogP contribution in [-0.4, -0.2) is 29.1 Å². The number of benzene rings is 2. The largest absolute Gasteiger partial charge is 0.417 e. The zero-order valence-corrected chi connectivity index (χ0v) is 19.2. The summed E-state index contributed by atoms with van der Waals surface area (Å²) in [6.07, 6.45) is -2.23. The monoisotopic (exact) mass is 517 g/mol. The number of anilines is 1. The van der Waals surface area contributed by atoms with Gasteiger partial charge in [-0.1, -0.05) is 18.2 Å². The first kappa shape index (κ1) is 23.8. The van der Waals surface area contributed by atoms with Crippen LogP contribution >= 0.6 is 0 Å². The molecule has 5 rings (SSSR count). The molecular formula is C23H18F3N5O4S. The fraction of sp³-hybridized carbons (Fsp3) is 0.174. The highest BCUT2D eigenvalue weighted by Crippen LogP contribution is 2.42. The molecule has 2 heterocycles. The van der Waals surface area contributed by atoms with Gasteiger partial charge in [0.25, 0.3) is 0 Å². The number of hydrogen-bond acceptors (Lipinski definition) is 6. The average molecular weight is 517 g/mol. The molecule has 13 heteroatoms. The molecule has 186 valence electrons. The van der Waals surface area contributed by atoms with Crippen LogP contribution in [0.5, 0.6) is 5.75 Å². The van der Waals surface area contributed by atoms with Gasteiger partial charge < -0.3 is 4.74 Å². The smallest absolute Gasteiger partial charge is 0.404 e. The molecule has 1 aliphatic rings. The van der Waals surface area contributed by atoms with Crippen LogP contribution in [0.25, 0.3) is 16.9 Å². The number of halogens is 3. The number of carbonyl (C=O) groups is 1. The topological polar surface area (TPSA) is 129 Å². The van der Waals surface area contributed by atoms with Gasteiger partial charge in [0.1, 0.15) is 0 Å². The molecule has 2 aromatic carbocycles. The van der Waals surface area contributed by atoms with Crippen molar-refractivity contribution in [1.29, 1.82) is 0 Å². The number of primary sulfonamides is 1. The molecule has 1 aliphatic carbocycles. The summed E-state index contributed by atoms with van der Waals surface area (Å²) in [4.78, 5) is 16.8. The molecule has 4 aromatic rings. The van der Waals surface area contributed by atoms with E-state index in [1.165, 1.54) is 47.1 Å². The molecule has 0 spiro atoms. The number of aromatic nitrogens is 3. The normalized spacial score (nSPS) is 14.1. The first-order valence-corrected chi connectivity index (χ1v) is 12.2. The van der Waals surface area contributed by atoms with Gasteiger partial charge in [-0.25, -0.2) is 27.9 Å². The van der Waals surface area contributed by atoms with Gasteiger partial charge in [0, 0.05) is 22.9 Å². The number of fused-ring (bicyclic) bond motifs is 1. The van der Waals surface area contributed by atoms with Gasteiger partial charge >= 0.3 is 12.3 Å². The van der Waals surface area contributed by atoms with E-state index in [2.05, 4.69) is 15.4 Å². The Morgan fingerprint density at radius 1 is 1.11 bits per heavy atom. The van der Waals surface area contributed by atoms with E-state index in [4.69, 9.17) is 9.88 Å². The number of nitrogens with zero attached hydrogens (tertiary/aromatic N) is 3. The van der Waals surface area contributed by atoms with E-state index in [1.807, 2.05) is 0 Å². The number of carbonyl (C=O) groups excluding carboxylic acids is 1. The summed E-state index contributed by atoms with van der Waals surface area (Å²) in [5.74, 6) is 0.219. The Hall–Kier alpha value is -3.97. The summed E-state index contributed by atoms with van der Waals surface area (Å²) in [6.45, 7) is 0. The van der Waals surface area contributed by atoms with Crippen LogP contribution in [-0.2, 0) is 16.2 Å². The SMILES string of the molecule is NS(=O)(=O)c1cccc(NC(=O)Oc2cnn3c(C4CC4)cc(-c4ccc(C(F)(F)F)cc4)nc23)c1. The summed E-state index contributed by atoms with van der Waals surface area (Å²) < 4.78 is 68.9. The fourth-order valence-electron chi connectivity index (χ4n) is 3.68. The van der Waals surface area contributed by atoms with Gasteiger partial charge in [0.2, 0.25) is 10.0 Å². The van der Waals surface area contributed by atoms with E-state index < -0.39 is 27.9 Å². The van der Waals surface area contributed by atoms with Gasteiger partial charge in [-0.3, -0.25) is 5.32 Å². The van der Waals surface area contributed by atoms with E-state index in [0.717, 1.165) is 30.7 Å². The predicted octanol–water partition coefficient (Wildman–Crippen LogP) is 4.55. The van der Waals surface area contributed by atoms with Crippen molar-refractivity contribution in [2.45, 2.75) is 29.8 Å². The minimum atomic E-state index is -4.46. The van der Waals surface area contributed by atoms with Crippen molar-refractivity contribution < 1.29 is 31.1 Å². The minimum absolute atomic E-state index is 0.0192. The van der Waals surface area contributed by atoms with Crippen LogP contribution in [0.4, 0.5) is 23.7 Å². The van der Waals surface area contributed by atoms with E-state index >= 15 is 0 Å². The van der Waals surface area contributed by atoms with Gasteiger partial charge in [-0.05, 0) is 49.2 Å². The number of amides is 1. The summed E-state index contributed by atoms with van der Waals surface area (Å²) in [6, 6.07) is 11.7. The Balaban J connectivity index is 1.46. The number of nitrogens with one attached hydrogen (secondary N) is 1. The van der Waals surface area contributed by atoms with Crippen LogP contribution in [0.1, 0.15) is 30.0 Å². The first-order chi connectivity index (χ1) is 17.0. The van der Waals surface area contributed by atoms with Gasteiger partial charge in [0.15, 0.2) is 11.4 Å². The second-order valence-corrected chi connectivity index (χ2v) is 9.81. The number of sulfonamides is 1. The van der Waals surface area contributed by atoms with Crippen LogP contribution in [0.3, 0.4) is 0 Å². The molecule has 0 aliphatic heterocycles. The Labute approximate surface area is 202 Å². The molecule has 2 aromatic heterocycles. The highest BCUT2D eigenvalue weighted by molar-refractivity contribution is 7.89. The molecule has 36 heavy (non-hydrogen) atoms. The Bertz CT molecular complexity index is 1580. The molecule has 0 unspecified atom stereocenters. The van der Waals surface area contributed by atoms with Gasteiger partial charge in [-0.2, -0.15) is 18.3 Å². The van der Waals surface area contributed by atoms with E-state index in [0.29, 0.717) is 11.3 Å². The van der Waals surface area contributed by atoms with Crippen LogP contribution in [0.15, 0.2) is 65.7 Å². The number of ether oxygens (including phenoxy) is 1. The molecule has 9 nitrogen and oxygen atoms in total. The van der Waals surface area contributed by atoms with Crippen molar-refractivity contribution in [3.05, 3.63) is 72.1 Å². The molecule has 1 saturated carbocycles. The first-order valence-electron chi connectivity index (χ1n) is 10.7. The Morgan fingerprint density at radius 2 is 1.83 bits per heavy atom. The standard InChI is InChI=1S/C23H18F3N5O4S/c24-23(25,26)15-8-6-13(7-9-15)18-11-19(14-4-5-14)31-21(30-18)20(12-28-31)35-22(32)29-16-2-1-3-17(10-16)36(27,33)34/h1-3,6-12,14H,4-5H2,(H,29,32)(H2,27,33,34). The predicted molar refractivity (Wildman–Crippen MR) is 123 cm³/mol. The molecule has 1 amide bonds. The maximum absolute atomic E-state index is 13.0. The van der Waals surface area contributed by atoms with E-state index in [9.17, 15) is 26.4 Å². The third kappa shape index (κ3) is 4.88. The third-order valence-corrected chi connectivity index (χ3v) is 6.49. The van der Waals surface area contributed by atoms with Crippen molar-refractivity contribution in [2.24, 2.45) is 5.14 Å². The second kappa shape index (κ2) is 8.60. The molecule has 0 atom stereocenters. The van der Waals surface area contributed by atoms with Crippen molar-refractivity contribution >= 4 is 27.5 Å². The molecule has 0 bridgehead atoms. The van der Waals surface area contributed by atoms with E-state index in [-0.39, 0.29) is 27.9 Å². The number of nitrogens with two attached hydrogens (primary N) is 1. The molecule has 1 fully saturated rings. The van der Waals surface area contributed by atoms with Gasteiger partial charge in [0.05, 0.1) is 22.3 Å². The summed E-state index contributed by atoms with van der Waals surface area (Å²) in [5, 5.41) is 11.8. The number of rotatable bonds is 5. The average Bonchev–Trinajstić information content (AvgIpc) is 3.59. The maximum atomic E-state index is 13.0. The summed E-state index contributed by atoms with van der Waals surface area (Å²) >= 11 is 0. The molecule has 3 N–H and O–H groups in total. The molecule has 0 saturated heterocycles. The lowest BCUT2D eigenvalue weighted by molar-refractivity contribution is -0.137. The number of hydrogen-bond donors (Lipinski definition) is 2. The summed E-state index contributed by atoms with van der Waals surface area (Å²) in [7, 11) is -3.97. The quantitative estimate of drug-likeness (QED) is 0.400. The van der Waals surface area contributed by atoms with Crippen LogP contribution in [0, 0.1) is 0 Å². The van der Waals surface area contributed by atoms with E-state index in [1.54, 1.807) is 6.07 Å². The Kier molecular flexibility index (Phi) is 5.68. The lowest BCUT2D eigenvalue weighted by atomic mass is 10.1. The second-order valence-electron chi connectivity index (χ2n) is 8.25. The van der Waals surface area contributed by atoms with Crippen LogP contribution in [0.2, 0.25) is 0 Å². The Morgan fingerprint density at radius 3 is 2.47 bits per heavy atom. The maximum Gasteiger partial charge on any atom is 0.417 e. The van der Waals surface area contributed by atoms with Crippen molar-refractivity contribution in [3.8, 4) is 17.0 Å². The zero-order chi connectivity index (χ0) is 25.7. The highest BCUT2D eigenvalue weighted by Gasteiger charge is 2.31.